The van der Waals surface area contributed by atoms with Gasteiger partial charge in [0.05, 0.1) is 0 Å². The van der Waals surface area contributed by atoms with Crippen LogP contribution in [0.25, 0.3) is 0 Å². The fourth-order valence-electron chi connectivity index (χ4n) is 2.72. The van der Waals surface area contributed by atoms with Crippen molar-refractivity contribution in [3.05, 3.63) is 0 Å². The van der Waals surface area contributed by atoms with Crippen LogP contribution in [0.15, 0.2) is 0 Å². The summed E-state index contributed by atoms with van der Waals surface area (Å²) >= 11 is 0. The van der Waals surface area contributed by atoms with Crippen LogP contribution in [-0.4, -0.2) is 12.6 Å². The molecular weight excluding hydrogens is 170 g/mol. The molecule has 2 fully saturated rings. The van der Waals surface area contributed by atoms with E-state index in [4.69, 9.17) is 0 Å². The van der Waals surface area contributed by atoms with Crippen LogP contribution < -0.4 is 5.32 Å². The number of hydrogen-bond acceptors (Lipinski definition) is 1. The van der Waals surface area contributed by atoms with Crippen LogP contribution in [0.2, 0.25) is 0 Å². The van der Waals surface area contributed by atoms with Crippen LogP contribution in [0.3, 0.4) is 0 Å². The number of hydrogen-bond donors (Lipinski definition) is 1. The van der Waals surface area contributed by atoms with Crippen molar-refractivity contribution in [1.82, 2.24) is 5.32 Å². The molecule has 1 nitrogen and oxygen atoms in total. The van der Waals surface area contributed by atoms with Gasteiger partial charge in [-0.05, 0) is 37.0 Å². The van der Waals surface area contributed by atoms with Gasteiger partial charge in [0.15, 0.2) is 0 Å². The lowest BCUT2D eigenvalue weighted by Crippen LogP contribution is -2.37. The summed E-state index contributed by atoms with van der Waals surface area (Å²) in [4.78, 5) is 0. The molecule has 0 unspecified atom stereocenters. The highest BCUT2D eigenvalue weighted by atomic mass is 15.0. The maximum Gasteiger partial charge on any atom is 0.00684 e. The first-order chi connectivity index (χ1) is 6.68. The van der Waals surface area contributed by atoms with Crippen molar-refractivity contribution in [1.29, 1.82) is 0 Å². The van der Waals surface area contributed by atoms with Crippen LogP contribution in [-0.2, 0) is 0 Å². The highest BCUT2D eigenvalue weighted by Crippen LogP contribution is 2.38. The molecule has 2 rings (SSSR count). The Morgan fingerprint density at radius 1 is 1.00 bits per heavy atom. The molecule has 82 valence electrons. The third kappa shape index (κ3) is 2.73. The summed E-state index contributed by atoms with van der Waals surface area (Å²) < 4.78 is 0. The lowest BCUT2D eigenvalue weighted by molar-refractivity contribution is 0.154. The molecule has 0 amide bonds. The Balaban J connectivity index is 1.78. The normalized spacial score (nSPS) is 25.3. The summed E-state index contributed by atoms with van der Waals surface area (Å²) in [6, 6.07) is 0.873. The van der Waals surface area contributed by atoms with Crippen LogP contribution in [0.1, 0.15) is 58.8 Å². The Morgan fingerprint density at radius 2 is 1.64 bits per heavy atom. The Kier molecular flexibility index (Phi) is 3.16. The summed E-state index contributed by atoms with van der Waals surface area (Å²) in [5.41, 5.74) is 0.531. The first kappa shape index (κ1) is 10.5. The third-order valence-corrected chi connectivity index (χ3v) is 4.13. The van der Waals surface area contributed by atoms with Gasteiger partial charge in [-0.25, -0.2) is 0 Å². The summed E-state index contributed by atoms with van der Waals surface area (Å²) in [5.74, 6) is 0.975. The van der Waals surface area contributed by atoms with E-state index in [1.165, 1.54) is 51.5 Å². The van der Waals surface area contributed by atoms with E-state index >= 15 is 0 Å². The number of rotatable bonds is 4. The van der Waals surface area contributed by atoms with Crippen molar-refractivity contribution in [3.63, 3.8) is 0 Å². The highest BCUT2D eigenvalue weighted by Gasteiger charge is 2.32. The van der Waals surface area contributed by atoms with Gasteiger partial charge in [0.2, 0.25) is 0 Å². The first-order valence-electron chi connectivity index (χ1n) is 6.42. The minimum absolute atomic E-state index is 0.531. The zero-order valence-corrected chi connectivity index (χ0v) is 9.81. The fourth-order valence-corrected chi connectivity index (χ4v) is 2.72. The van der Waals surface area contributed by atoms with Gasteiger partial charge in [0.1, 0.15) is 0 Å². The van der Waals surface area contributed by atoms with Crippen LogP contribution >= 0.6 is 0 Å². The van der Waals surface area contributed by atoms with E-state index in [2.05, 4.69) is 19.2 Å². The van der Waals surface area contributed by atoms with Gasteiger partial charge in [0, 0.05) is 12.6 Å². The Morgan fingerprint density at radius 3 is 2.21 bits per heavy atom. The molecule has 0 aliphatic heterocycles. The van der Waals surface area contributed by atoms with Crippen molar-refractivity contribution in [3.8, 4) is 0 Å². The summed E-state index contributed by atoms with van der Waals surface area (Å²) in [6.07, 6.45) is 10.2. The van der Waals surface area contributed by atoms with Gasteiger partial charge in [-0.1, -0.05) is 33.1 Å². The van der Waals surface area contributed by atoms with E-state index in [1.807, 2.05) is 0 Å². The van der Waals surface area contributed by atoms with Crippen molar-refractivity contribution in [2.24, 2.45) is 11.3 Å². The molecule has 0 aromatic carbocycles. The molecule has 1 N–H and O–H groups in total. The molecule has 0 bridgehead atoms. The molecule has 0 saturated heterocycles. The largest absolute Gasteiger partial charge is 0.313 e. The van der Waals surface area contributed by atoms with Crippen molar-refractivity contribution in [2.45, 2.75) is 64.8 Å². The Hall–Kier alpha value is -0.0400. The molecule has 0 atom stereocenters. The van der Waals surface area contributed by atoms with E-state index in [0.717, 1.165) is 12.0 Å². The molecule has 14 heavy (non-hydrogen) atoms. The topological polar surface area (TPSA) is 12.0 Å². The van der Waals surface area contributed by atoms with Gasteiger partial charge in [-0.2, -0.15) is 0 Å². The van der Waals surface area contributed by atoms with Crippen molar-refractivity contribution >= 4 is 0 Å². The zero-order chi connectivity index (χ0) is 10.0. The van der Waals surface area contributed by atoms with Gasteiger partial charge < -0.3 is 5.32 Å². The van der Waals surface area contributed by atoms with E-state index in [0.29, 0.717) is 5.41 Å². The molecule has 2 saturated carbocycles. The monoisotopic (exact) mass is 195 g/mol. The van der Waals surface area contributed by atoms with Crippen molar-refractivity contribution in [2.75, 3.05) is 6.54 Å². The Labute approximate surface area is 88.7 Å². The van der Waals surface area contributed by atoms with Gasteiger partial charge in [-0.15, -0.1) is 0 Å². The summed E-state index contributed by atoms with van der Waals surface area (Å²) in [6.45, 7) is 6.15. The third-order valence-electron chi connectivity index (χ3n) is 4.13. The molecule has 2 aliphatic rings. The second kappa shape index (κ2) is 4.22. The minimum atomic E-state index is 0.531. The Bertz CT molecular complexity index is 176. The second-order valence-corrected chi connectivity index (χ2v) is 5.98. The lowest BCUT2D eigenvalue weighted by atomic mass is 9.71. The summed E-state index contributed by atoms with van der Waals surface area (Å²) in [5, 5.41) is 3.69. The smallest absolute Gasteiger partial charge is 0.00684 e. The number of nitrogens with one attached hydrogen (secondary N) is 1. The van der Waals surface area contributed by atoms with E-state index < -0.39 is 0 Å². The highest BCUT2D eigenvalue weighted by molar-refractivity contribution is 4.87. The average Bonchev–Trinajstić information content (AvgIpc) is 3.00. The molecular formula is C13H25N. The summed E-state index contributed by atoms with van der Waals surface area (Å²) in [7, 11) is 0. The van der Waals surface area contributed by atoms with Crippen molar-refractivity contribution < 1.29 is 0 Å². The maximum absolute atomic E-state index is 3.69. The van der Waals surface area contributed by atoms with Crippen LogP contribution in [0.5, 0.6) is 0 Å². The van der Waals surface area contributed by atoms with Crippen LogP contribution in [0, 0.1) is 11.3 Å². The molecule has 1 heteroatoms. The predicted molar refractivity (Wildman–Crippen MR) is 61.4 cm³/mol. The SMILES string of the molecule is CC(C)(CNC1CC1)C1CCCCC1. The molecule has 2 aliphatic carbocycles. The predicted octanol–water partition coefficient (Wildman–Crippen LogP) is 3.34. The van der Waals surface area contributed by atoms with Gasteiger partial charge in [-0.3, -0.25) is 0 Å². The quantitative estimate of drug-likeness (QED) is 0.725. The zero-order valence-electron chi connectivity index (χ0n) is 9.81. The first-order valence-corrected chi connectivity index (χ1v) is 6.42. The lowest BCUT2D eigenvalue weighted by Gasteiger charge is -2.37. The van der Waals surface area contributed by atoms with E-state index in [1.54, 1.807) is 0 Å². The maximum atomic E-state index is 3.69. The average molecular weight is 195 g/mol. The van der Waals surface area contributed by atoms with E-state index in [-0.39, 0.29) is 0 Å². The van der Waals surface area contributed by atoms with Gasteiger partial charge >= 0.3 is 0 Å². The molecule has 0 radical (unpaired) electrons. The molecule has 0 aromatic rings. The minimum Gasteiger partial charge on any atom is -0.313 e. The van der Waals surface area contributed by atoms with Crippen LogP contribution in [0.4, 0.5) is 0 Å². The van der Waals surface area contributed by atoms with Gasteiger partial charge in [0.25, 0.3) is 0 Å². The molecule has 0 spiro atoms. The fraction of sp³-hybridized carbons (Fsp3) is 1.00. The standard InChI is InChI=1S/C13H25N/c1-13(2,10-14-12-8-9-12)11-6-4-3-5-7-11/h11-12,14H,3-10H2,1-2H3. The van der Waals surface area contributed by atoms with E-state index in [9.17, 15) is 0 Å². The molecule has 0 aromatic heterocycles. The second-order valence-electron chi connectivity index (χ2n) is 5.98. The molecule has 0 heterocycles.